The van der Waals surface area contributed by atoms with Crippen LogP contribution in [0, 0.1) is 5.82 Å². The fourth-order valence-electron chi connectivity index (χ4n) is 1.28. The molecule has 18 heavy (non-hydrogen) atoms. The van der Waals surface area contributed by atoms with E-state index in [4.69, 9.17) is 9.47 Å². The summed E-state index contributed by atoms with van der Waals surface area (Å²) in [7, 11) is 0. The van der Waals surface area contributed by atoms with Crippen LogP contribution in [0.5, 0.6) is 0 Å². The zero-order valence-electron chi connectivity index (χ0n) is 11.2. The monoisotopic (exact) mass is 254 g/mol. The molecule has 3 nitrogen and oxygen atoms in total. The fourth-order valence-corrected chi connectivity index (χ4v) is 1.28. The topological polar surface area (TPSA) is 35.5 Å². The number of carbonyl (C=O) groups is 1. The van der Waals surface area contributed by atoms with E-state index in [1.807, 2.05) is 0 Å². The molecule has 1 atom stereocenters. The molecule has 0 spiro atoms. The van der Waals surface area contributed by atoms with Gasteiger partial charge in [-0.1, -0.05) is 18.2 Å². The molecular weight excluding hydrogens is 235 g/mol. The number of carbonyl (C=O) groups excluding carboxylic acids is 1. The maximum atomic E-state index is 13.3. The first-order chi connectivity index (χ1) is 8.29. The van der Waals surface area contributed by atoms with Crippen molar-refractivity contribution in [3.63, 3.8) is 0 Å². The van der Waals surface area contributed by atoms with E-state index in [-0.39, 0.29) is 12.4 Å². The average Bonchev–Trinajstić information content (AvgIpc) is 2.25. The Kier molecular flexibility index (Phi) is 4.84. The summed E-state index contributed by atoms with van der Waals surface area (Å²) in [6, 6.07) is 6.31. The van der Waals surface area contributed by atoms with Crippen LogP contribution in [0.15, 0.2) is 24.3 Å². The number of ether oxygens (including phenoxy) is 2. The summed E-state index contributed by atoms with van der Waals surface area (Å²) < 4.78 is 23.8. The van der Waals surface area contributed by atoms with E-state index >= 15 is 0 Å². The fraction of sp³-hybridized carbons (Fsp3) is 0.500. The van der Waals surface area contributed by atoms with Gasteiger partial charge >= 0.3 is 5.97 Å². The highest BCUT2D eigenvalue weighted by atomic mass is 19.1. The lowest BCUT2D eigenvalue weighted by atomic mass is 10.2. The molecule has 1 aromatic rings. The minimum absolute atomic E-state index is 0.0487. The lowest BCUT2D eigenvalue weighted by Gasteiger charge is -2.22. The van der Waals surface area contributed by atoms with Crippen LogP contribution in [0.3, 0.4) is 0 Å². The Morgan fingerprint density at radius 3 is 2.50 bits per heavy atom. The van der Waals surface area contributed by atoms with Crippen LogP contribution in [0.1, 0.15) is 33.3 Å². The van der Waals surface area contributed by atoms with Crippen molar-refractivity contribution < 1.29 is 18.7 Å². The third-order valence-corrected chi connectivity index (χ3v) is 2.19. The first-order valence-corrected chi connectivity index (χ1v) is 5.87. The summed E-state index contributed by atoms with van der Waals surface area (Å²) in [5.74, 6) is -0.785. The number of rotatable bonds is 4. The quantitative estimate of drug-likeness (QED) is 0.775. The molecule has 1 unspecified atom stereocenters. The first-order valence-electron chi connectivity index (χ1n) is 5.87. The molecule has 0 saturated carbocycles. The summed E-state index contributed by atoms with van der Waals surface area (Å²) in [4.78, 5) is 11.6. The second-order valence-corrected chi connectivity index (χ2v) is 5.08. The predicted octanol–water partition coefficient (Wildman–Crippen LogP) is 3.07. The maximum Gasteiger partial charge on any atom is 0.335 e. The van der Waals surface area contributed by atoms with Crippen molar-refractivity contribution in [1.29, 1.82) is 0 Å². The molecule has 1 rings (SSSR count). The SMILES string of the molecule is CC(OCc1ccccc1F)C(=O)OC(C)(C)C. The number of hydrogen-bond acceptors (Lipinski definition) is 3. The normalized spacial score (nSPS) is 13.2. The van der Waals surface area contributed by atoms with Crippen molar-refractivity contribution in [2.75, 3.05) is 0 Å². The Bertz CT molecular complexity index is 410. The Morgan fingerprint density at radius 1 is 1.33 bits per heavy atom. The van der Waals surface area contributed by atoms with Crippen LogP contribution in [0.25, 0.3) is 0 Å². The van der Waals surface area contributed by atoms with Crippen LogP contribution in [0.2, 0.25) is 0 Å². The van der Waals surface area contributed by atoms with E-state index in [0.717, 1.165) is 0 Å². The molecule has 0 bridgehead atoms. The van der Waals surface area contributed by atoms with Gasteiger partial charge in [0.1, 0.15) is 11.4 Å². The zero-order chi connectivity index (χ0) is 13.8. The summed E-state index contributed by atoms with van der Waals surface area (Å²) >= 11 is 0. The van der Waals surface area contributed by atoms with Crippen LogP contribution < -0.4 is 0 Å². The number of benzene rings is 1. The van der Waals surface area contributed by atoms with Gasteiger partial charge in [-0.15, -0.1) is 0 Å². The third kappa shape index (κ3) is 4.84. The minimum Gasteiger partial charge on any atom is -0.458 e. The van der Waals surface area contributed by atoms with Gasteiger partial charge in [0.2, 0.25) is 0 Å². The molecular formula is C14H19FO3. The smallest absolute Gasteiger partial charge is 0.335 e. The van der Waals surface area contributed by atoms with Gasteiger partial charge < -0.3 is 9.47 Å². The highest BCUT2D eigenvalue weighted by Crippen LogP contribution is 2.12. The molecule has 0 aliphatic heterocycles. The van der Waals surface area contributed by atoms with Crippen molar-refractivity contribution in [2.45, 2.75) is 46.0 Å². The first kappa shape index (κ1) is 14.6. The number of esters is 1. The molecule has 0 aliphatic carbocycles. The molecule has 4 heteroatoms. The molecule has 0 fully saturated rings. The van der Waals surface area contributed by atoms with Gasteiger partial charge in [-0.3, -0.25) is 0 Å². The van der Waals surface area contributed by atoms with Gasteiger partial charge in [0.25, 0.3) is 0 Å². The second-order valence-electron chi connectivity index (χ2n) is 5.08. The summed E-state index contributed by atoms with van der Waals surface area (Å²) in [6.07, 6.45) is -0.719. The molecule has 0 N–H and O–H groups in total. The van der Waals surface area contributed by atoms with E-state index in [9.17, 15) is 9.18 Å². The molecule has 0 radical (unpaired) electrons. The van der Waals surface area contributed by atoms with Gasteiger partial charge in [-0.2, -0.15) is 0 Å². The van der Waals surface area contributed by atoms with Crippen LogP contribution in [0.4, 0.5) is 4.39 Å². The molecule has 0 heterocycles. The van der Waals surface area contributed by atoms with E-state index < -0.39 is 17.7 Å². The van der Waals surface area contributed by atoms with Crippen molar-refractivity contribution >= 4 is 5.97 Å². The lowest BCUT2D eigenvalue weighted by molar-refractivity contribution is -0.168. The largest absolute Gasteiger partial charge is 0.458 e. The Balaban J connectivity index is 2.49. The lowest BCUT2D eigenvalue weighted by Crippen LogP contribution is -2.31. The van der Waals surface area contributed by atoms with E-state index in [1.54, 1.807) is 45.9 Å². The van der Waals surface area contributed by atoms with Gasteiger partial charge in [0.15, 0.2) is 6.10 Å². The molecule has 0 aromatic heterocycles. The van der Waals surface area contributed by atoms with Crippen LogP contribution >= 0.6 is 0 Å². The summed E-state index contributed by atoms with van der Waals surface area (Å²) in [5, 5.41) is 0. The summed E-state index contributed by atoms with van der Waals surface area (Å²) in [6.45, 7) is 7.00. The van der Waals surface area contributed by atoms with E-state index in [0.29, 0.717) is 5.56 Å². The van der Waals surface area contributed by atoms with Gasteiger partial charge in [0, 0.05) is 5.56 Å². The van der Waals surface area contributed by atoms with Crippen molar-refractivity contribution in [2.24, 2.45) is 0 Å². The van der Waals surface area contributed by atoms with Gasteiger partial charge in [0.05, 0.1) is 6.61 Å². The highest BCUT2D eigenvalue weighted by molar-refractivity contribution is 5.74. The third-order valence-electron chi connectivity index (χ3n) is 2.19. The Labute approximate surface area is 107 Å². The highest BCUT2D eigenvalue weighted by Gasteiger charge is 2.22. The standard InChI is InChI=1S/C14H19FO3/c1-10(13(16)18-14(2,3)4)17-9-11-7-5-6-8-12(11)15/h5-8,10H,9H2,1-4H3. The van der Waals surface area contributed by atoms with Crippen molar-refractivity contribution in [1.82, 2.24) is 0 Å². The average molecular weight is 254 g/mol. The van der Waals surface area contributed by atoms with Crippen molar-refractivity contribution in [3.8, 4) is 0 Å². The second kappa shape index (κ2) is 5.96. The maximum absolute atomic E-state index is 13.3. The predicted molar refractivity (Wildman–Crippen MR) is 66.5 cm³/mol. The van der Waals surface area contributed by atoms with Gasteiger partial charge in [-0.25, -0.2) is 9.18 Å². The summed E-state index contributed by atoms with van der Waals surface area (Å²) in [5.41, 5.74) is -0.125. The molecule has 0 amide bonds. The minimum atomic E-state index is -0.719. The Morgan fingerprint density at radius 2 is 1.94 bits per heavy atom. The van der Waals surface area contributed by atoms with E-state index in [1.165, 1.54) is 6.07 Å². The van der Waals surface area contributed by atoms with Crippen LogP contribution in [-0.4, -0.2) is 17.7 Å². The molecule has 1 aromatic carbocycles. The van der Waals surface area contributed by atoms with E-state index in [2.05, 4.69) is 0 Å². The number of hydrogen-bond donors (Lipinski definition) is 0. The van der Waals surface area contributed by atoms with Gasteiger partial charge in [-0.05, 0) is 33.8 Å². The molecule has 0 saturated heterocycles. The van der Waals surface area contributed by atoms with Crippen LogP contribution in [-0.2, 0) is 20.9 Å². The number of halogens is 1. The zero-order valence-corrected chi connectivity index (χ0v) is 11.2. The molecule has 100 valence electrons. The Hall–Kier alpha value is -1.42. The molecule has 0 aliphatic rings. The van der Waals surface area contributed by atoms with Crippen molar-refractivity contribution in [3.05, 3.63) is 35.6 Å².